The summed E-state index contributed by atoms with van der Waals surface area (Å²) >= 11 is 1.58. The minimum absolute atomic E-state index is 0.370. The molecule has 2 rings (SSSR count). The average Bonchev–Trinajstić information content (AvgIpc) is 2.71. The van der Waals surface area contributed by atoms with Crippen LogP contribution < -0.4 is 5.76 Å². The Kier molecular flexibility index (Phi) is 2.02. The molecule has 0 unspecified atom stereocenters. The molecule has 0 saturated carbocycles. The van der Waals surface area contributed by atoms with E-state index in [1.807, 2.05) is 12.1 Å². The van der Waals surface area contributed by atoms with Gasteiger partial charge in [-0.1, -0.05) is 6.92 Å². The summed E-state index contributed by atoms with van der Waals surface area (Å²) < 4.78 is 4.82. The second-order valence-electron chi connectivity index (χ2n) is 2.54. The van der Waals surface area contributed by atoms with Crippen LogP contribution in [-0.2, 0) is 6.42 Å². The SMILES string of the molecule is CCc1ccc(-c2n[nH]c(=O)o2)s1. The molecule has 0 fully saturated rings. The van der Waals surface area contributed by atoms with Crippen molar-refractivity contribution in [3.8, 4) is 10.8 Å². The average molecular weight is 196 g/mol. The van der Waals surface area contributed by atoms with E-state index in [1.54, 1.807) is 11.3 Å². The van der Waals surface area contributed by atoms with Crippen LogP contribution in [0.2, 0.25) is 0 Å². The summed E-state index contributed by atoms with van der Waals surface area (Å²) in [4.78, 5) is 12.8. The van der Waals surface area contributed by atoms with Crippen molar-refractivity contribution in [3.05, 3.63) is 27.6 Å². The molecule has 0 amide bonds. The maximum Gasteiger partial charge on any atom is 0.434 e. The van der Waals surface area contributed by atoms with Crippen molar-refractivity contribution >= 4 is 11.3 Å². The molecule has 0 spiro atoms. The predicted molar refractivity (Wildman–Crippen MR) is 49.8 cm³/mol. The van der Waals surface area contributed by atoms with E-state index in [-0.39, 0.29) is 0 Å². The highest BCUT2D eigenvalue weighted by atomic mass is 32.1. The van der Waals surface area contributed by atoms with Gasteiger partial charge < -0.3 is 4.42 Å². The van der Waals surface area contributed by atoms with Crippen molar-refractivity contribution in [2.45, 2.75) is 13.3 Å². The quantitative estimate of drug-likeness (QED) is 0.794. The van der Waals surface area contributed by atoms with Crippen LogP contribution in [-0.4, -0.2) is 10.2 Å². The Bertz CT molecular complexity index is 454. The number of nitrogens with zero attached hydrogens (tertiary/aromatic N) is 1. The molecule has 0 saturated heterocycles. The smallest absolute Gasteiger partial charge is 0.387 e. The van der Waals surface area contributed by atoms with Crippen molar-refractivity contribution in [2.24, 2.45) is 0 Å². The molecule has 0 aliphatic rings. The second kappa shape index (κ2) is 3.18. The van der Waals surface area contributed by atoms with Crippen molar-refractivity contribution in [2.75, 3.05) is 0 Å². The number of thiophene rings is 1. The standard InChI is InChI=1S/C8H8N2O2S/c1-2-5-3-4-6(13-5)7-9-10-8(11)12-7/h3-4H,2H2,1H3,(H,10,11). The highest BCUT2D eigenvalue weighted by molar-refractivity contribution is 7.15. The van der Waals surface area contributed by atoms with Crippen molar-refractivity contribution in [1.29, 1.82) is 0 Å². The molecule has 0 atom stereocenters. The van der Waals surface area contributed by atoms with Crippen LogP contribution in [0.4, 0.5) is 0 Å². The lowest BCUT2D eigenvalue weighted by Crippen LogP contribution is -1.93. The van der Waals surface area contributed by atoms with Gasteiger partial charge in [0.1, 0.15) is 0 Å². The van der Waals surface area contributed by atoms with Gasteiger partial charge in [0, 0.05) is 4.88 Å². The first-order chi connectivity index (χ1) is 6.29. The number of aromatic nitrogens is 2. The van der Waals surface area contributed by atoms with Gasteiger partial charge in [-0.25, -0.2) is 9.89 Å². The third kappa shape index (κ3) is 1.55. The van der Waals surface area contributed by atoms with Crippen LogP contribution in [0.5, 0.6) is 0 Å². The number of H-pyrrole nitrogens is 1. The van der Waals surface area contributed by atoms with Crippen LogP contribution >= 0.6 is 11.3 Å². The largest absolute Gasteiger partial charge is 0.434 e. The van der Waals surface area contributed by atoms with E-state index in [2.05, 4.69) is 17.1 Å². The molecule has 68 valence electrons. The molecule has 4 nitrogen and oxygen atoms in total. The zero-order valence-corrected chi connectivity index (χ0v) is 7.85. The summed E-state index contributed by atoms with van der Waals surface area (Å²) in [7, 11) is 0. The second-order valence-corrected chi connectivity index (χ2v) is 3.71. The third-order valence-corrected chi connectivity index (χ3v) is 2.88. The van der Waals surface area contributed by atoms with Gasteiger partial charge in [-0.05, 0) is 18.6 Å². The fourth-order valence-electron chi connectivity index (χ4n) is 1.02. The van der Waals surface area contributed by atoms with Crippen LogP contribution in [0.15, 0.2) is 21.3 Å². The van der Waals surface area contributed by atoms with Gasteiger partial charge in [0.2, 0.25) is 0 Å². The van der Waals surface area contributed by atoms with E-state index >= 15 is 0 Å². The molecule has 0 aromatic carbocycles. The minimum Gasteiger partial charge on any atom is -0.387 e. The predicted octanol–water partition coefficient (Wildman–Crippen LogP) is 1.65. The number of aryl methyl sites for hydroxylation is 1. The number of rotatable bonds is 2. The summed E-state index contributed by atoms with van der Waals surface area (Å²) in [6, 6.07) is 3.91. The van der Waals surface area contributed by atoms with E-state index in [4.69, 9.17) is 4.42 Å². The van der Waals surface area contributed by atoms with Gasteiger partial charge in [0.25, 0.3) is 5.89 Å². The molecule has 13 heavy (non-hydrogen) atoms. The Balaban J connectivity index is 2.40. The minimum atomic E-state index is -0.513. The number of nitrogens with one attached hydrogen (secondary N) is 1. The van der Waals surface area contributed by atoms with Crippen molar-refractivity contribution in [3.63, 3.8) is 0 Å². The lowest BCUT2D eigenvalue weighted by atomic mass is 10.4. The summed E-state index contributed by atoms with van der Waals surface area (Å²) in [5.41, 5.74) is 0. The van der Waals surface area contributed by atoms with E-state index in [0.29, 0.717) is 5.89 Å². The van der Waals surface area contributed by atoms with Crippen LogP contribution in [0, 0.1) is 0 Å². The Morgan fingerprint density at radius 1 is 1.62 bits per heavy atom. The van der Waals surface area contributed by atoms with Gasteiger partial charge in [0.05, 0.1) is 4.88 Å². The summed E-state index contributed by atoms with van der Waals surface area (Å²) in [5.74, 6) is -0.142. The zero-order chi connectivity index (χ0) is 9.26. The van der Waals surface area contributed by atoms with E-state index in [0.717, 1.165) is 11.3 Å². The molecule has 0 aliphatic carbocycles. The Morgan fingerprint density at radius 3 is 3.00 bits per heavy atom. The topological polar surface area (TPSA) is 58.9 Å². The maximum absolute atomic E-state index is 10.7. The fraction of sp³-hybridized carbons (Fsp3) is 0.250. The Labute approximate surface area is 78.2 Å². The van der Waals surface area contributed by atoms with E-state index < -0.39 is 5.76 Å². The first kappa shape index (κ1) is 8.25. The van der Waals surface area contributed by atoms with Crippen molar-refractivity contribution < 1.29 is 4.42 Å². The zero-order valence-electron chi connectivity index (χ0n) is 7.03. The van der Waals surface area contributed by atoms with Crippen LogP contribution in [0.25, 0.3) is 10.8 Å². The number of hydrogen-bond donors (Lipinski definition) is 1. The highest BCUT2D eigenvalue weighted by Gasteiger charge is 2.07. The molecule has 0 radical (unpaired) electrons. The molecule has 2 aromatic rings. The number of hydrogen-bond acceptors (Lipinski definition) is 4. The van der Waals surface area contributed by atoms with Gasteiger partial charge >= 0.3 is 5.76 Å². The molecule has 2 aromatic heterocycles. The van der Waals surface area contributed by atoms with Crippen LogP contribution in [0.3, 0.4) is 0 Å². The van der Waals surface area contributed by atoms with Gasteiger partial charge in [-0.3, -0.25) is 0 Å². The molecule has 0 bridgehead atoms. The van der Waals surface area contributed by atoms with Gasteiger partial charge in [-0.15, -0.1) is 16.4 Å². The fourth-order valence-corrected chi connectivity index (χ4v) is 1.89. The molecule has 5 heteroatoms. The monoisotopic (exact) mass is 196 g/mol. The molecular weight excluding hydrogens is 188 g/mol. The van der Waals surface area contributed by atoms with Gasteiger partial charge in [-0.2, -0.15) is 0 Å². The summed E-state index contributed by atoms with van der Waals surface area (Å²) in [5, 5.41) is 5.97. The normalized spacial score (nSPS) is 10.5. The maximum atomic E-state index is 10.7. The van der Waals surface area contributed by atoms with Crippen molar-refractivity contribution in [1.82, 2.24) is 10.2 Å². The molecular formula is C8H8N2O2S. The Morgan fingerprint density at radius 2 is 2.46 bits per heavy atom. The van der Waals surface area contributed by atoms with Crippen LogP contribution in [0.1, 0.15) is 11.8 Å². The molecule has 1 N–H and O–H groups in total. The Hall–Kier alpha value is -1.36. The summed E-state index contributed by atoms with van der Waals surface area (Å²) in [6.07, 6.45) is 0.985. The van der Waals surface area contributed by atoms with E-state index in [1.165, 1.54) is 4.88 Å². The molecule has 2 heterocycles. The first-order valence-electron chi connectivity index (χ1n) is 3.94. The molecule has 0 aliphatic heterocycles. The lowest BCUT2D eigenvalue weighted by molar-refractivity contribution is 0.528. The first-order valence-corrected chi connectivity index (χ1v) is 4.76. The van der Waals surface area contributed by atoms with Gasteiger partial charge in [0.15, 0.2) is 0 Å². The highest BCUT2D eigenvalue weighted by Crippen LogP contribution is 2.25. The summed E-state index contributed by atoms with van der Waals surface area (Å²) in [6.45, 7) is 2.08. The van der Waals surface area contributed by atoms with E-state index in [9.17, 15) is 4.79 Å². The lowest BCUT2D eigenvalue weighted by Gasteiger charge is -1.84. The number of aromatic amines is 1. The third-order valence-electron chi connectivity index (χ3n) is 1.66.